The first-order chi connectivity index (χ1) is 6.40. The normalized spacial score (nSPS) is 29.0. The minimum Gasteiger partial charge on any atom is -0.396 e. The number of aromatic amines is 1. The maximum atomic E-state index is 9.06. The Bertz CT molecular complexity index is 247. The fourth-order valence-electron chi connectivity index (χ4n) is 1.87. The van der Waals surface area contributed by atoms with Crippen LogP contribution in [-0.4, -0.2) is 28.5 Å². The molecule has 1 aliphatic rings. The Morgan fingerprint density at radius 3 is 3.23 bits per heavy atom. The van der Waals surface area contributed by atoms with Crippen LogP contribution in [-0.2, 0) is 0 Å². The number of rotatable bonds is 2. The largest absolute Gasteiger partial charge is 0.396 e. The molecule has 2 atom stereocenters. The van der Waals surface area contributed by atoms with Crippen molar-refractivity contribution in [3.05, 3.63) is 18.0 Å². The molecule has 4 nitrogen and oxygen atoms in total. The Morgan fingerprint density at radius 2 is 2.54 bits per heavy atom. The SMILES string of the molecule is OCC1CCNC(c2cn[nH]c2)C1. The minimum atomic E-state index is 0.302. The lowest BCUT2D eigenvalue weighted by molar-refractivity contribution is 0.176. The van der Waals surface area contributed by atoms with E-state index in [4.69, 9.17) is 5.11 Å². The molecule has 0 saturated carbocycles. The Balaban J connectivity index is 2.00. The van der Waals surface area contributed by atoms with Gasteiger partial charge in [-0.05, 0) is 25.3 Å². The topological polar surface area (TPSA) is 60.9 Å². The van der Waals surface area contributed by atoms with E-state index in [1.54, 1.807) is 0 Å². The van der Waals surface area contributed by atoms with Crippen molar-refractivity contribution >= 4 is 0 Å². The van der Waals surface area contributed by atoms with Gasteiger partial charge in [0.1, 0.15) is 0 Å². The van der Waals surface area contributed by atoms with E-state index in [-0.39, 0.29) is 0 Å². The fourth-order valence-corrected chi connectivity index (χ4v) is 1.87. The van der Waals surface area contributed by atoms with E-state index in [9.17, 15) is 0 Å². The van der Waals surface area contributed by atoms with E-state index in [0.717, 1.165) is 19.4 Å². The molecule has 1 aromatic heterocycles. The van der Waals surface area contributed by atoms with Gasteiger partial charge in [0.2, 0.25) is 0 Å². The molecule has 0 spiro atoms. The molecule has 0 bridgehead atoms. The average Bonchev–Trinajstić information content (AvgIpc) is 2.71. The van der Waals surface area contributed by atoms with Crippen molar-refractivity contribution in [3.63, 3.8) is 0 Å². The van der Waals surface area contributed by atoms with Gasteiger partial charge in [0.05, 0.1) is 6.20 Å². The van der Waals surface area contributed by atoms with Crippen LogP contribution < -0.4 is 5.32 Å². The molecule has 1 saturated heterocycles. The van der Waals surface area contributed by atoms with Crippen LogP contribution in [0.4, 0.5) is 0 Å². The number of nitrogens with zero attached hydrogens (tertiary/aromatic N) is 1. The average molecular weight is 181 g/mol. The van der Waals surface area contributed by atoms with Crippen LogP contribution in [0.15, 0.2) is 12.4 Å². The van der Waals surface area contributed by atoms with Crippen molar-refractivity contribution in [2.45, 2.75) is 18.9 Å². The lowest BCUT2D eigenvalue weighted by atomic mass is 9.91. The number of aliphatic hydroxyl groups is 1. The maximum Gasteiger partial charge on any atom is 0.0535 e. The van der Waals surface area contributed by atoms with Gasteiger partial charge in [0, 0.05) is 24.4 Å². The zero-order valence-electron chi connectivity index (χ0n) is 7.53. The highest BCUT2D eigenvalue weighted by Crippen LogP contribution is 2.25. The first kappa shape index (κ1) is 8.72. The van der Waals surface area contributed by atoms with Crippen LogP contribution in [0.5, 0.6) is 0 Å². The number of aromatic nitrogens is 2. The molecule has 1 fully saturated rings. The Kier molecular flexibility index (Phi) is 2.61. The van der Waals surface area contributed by atoms with Crippen LogP contribution in [0.2, 0.25) is 0 Å². The van der Waals surface area contributed by atoms with E-state index in [1.807, 2.05) is 12.4 Å². The van der Waals surface area contributed by atoms with Crippen molar-refractivity contribution in [2.24, 2.45) is 5.92 Å². The molecule has 13 heavy (non-hydrogen) atoms. The summed E-state index contributed by atoms with van der Waals surface area (Å²) < 4.78 is 0. The Labute approximate surface area is 77.4 Å². The number of piperidine rings is 1. The second-order valence-corrected chi connectivity index (χ2v) is 3.61. The third-order valence-electron chi connectivity index (χ3n) is 2.69. The van der Waals surface area contributed by atoms with Gasteiger partial charge < -0.3 is 10.4 Å². The van der Waals surface area contributed by atoms with Gasteiger partial charge in [-0.2, -0.15) is 5.10 Å². The summed E-state index contributed by atoms with van der Waals surface area (Å²) in [5.74, 6) is 0.446. The number of aliphatic hydroxyl groups excluding tert-OH is 1. The quantitative estimate of drug-likeness (QED) is 0.620. The second-order valence-electron chi connectivity index (χ2n) is 3.61. The van der Waals surface area contributed by atoms with Crippen LogP contribution in [0, 0.1) is 5.92 Å². The molecule has 2 heterocycles. The Morgan fingerprint density at radius 1 is 1.62 bits per heavy atom. The molecule has 4 heteroatoms. The molecular formula is C9H15N3O. The molecule has 0 radical (unpaired) electrons. The third kappa shape index (κ3) is 1.89. The molecule has 1 aromatic rings. The van der Waals surface area contributed by atoms with Crippen LogP contribution in [0.25, 0.3) is 0 Å². The van der Waals surface area contributed by atoms with Crippen molar-refractivity contribution in [1.82, 2.24) is 15.5 Å². The highest BCUT2D eigenvalue weighted by molar-refractivity contribution is 5.10. The summed E-state index contributed by atoms with van der Waals surface area (Å²) in [5.41, 5.74) is 1.19. The molecule has 0 aliphatic carbocycles. The lowest BCUT2D eigenvalue weighted by Gasteiger charge is -2.28. The zero-order chi connectivity index (χ0) is 9.10. The summed E-state index contributed by atoms with van der Waals surface area (Å²) in [6.07, 6.45) is 5.84. The van der Waals surface area contributed by atoms with E-state index in [1.165, 1.54) is 5.56 Å². The van der Waals surface area contributed by atoms with E-state index < -0.39 is 0 Å². The standard InChI is InChI=1S/C9H15N3O/c13-6-7-1-2-10-9(3-7)8-4-11-12-5-8/h4-5,7,9-10,13H,1-3,6H2,(H,11,12). The van der Waals surface area contributed by atoms with Crippen LogP contribution in [0.3, 0.4) is 0 Å². The molecular weight excluding hydrogens is 166 g/mol. The summed E-state index contributed by atoms with van der Waals surface area (Å²) in [5, 5.41) is 19.2. The fraction of sp³-hybridized carbons (Fsp3) is 0.667. The number of H-pyrrole nitrogens is 1. The van der Waals surface area contributed by atoms with E-state index >= 15 is 0 Å². The maximum absolute atomic E-state index is 9.06. The van der Waals surface area contributed by atoms with Gasteiger partial charge in [-0.3, -0.25) is 5.10 Å². The summed E-state index contributed by atoms with van der Waals surface area (Å²) in [7, 11) is 0. The van der Waals surface area contributed by atoms with Gasteiger partial charge in [0.15, 0.2) is 0 Å². The summed E-state index contributed by atoms with van der Waals surface area (Å²) in [4.78, 5) is 0. The van der Waals surface area contributed by atoms with Crippen molar-refractivity contribution in [1.29, 1.82) is 0 Å². The van der Waals surface area contributed by atoms with Crippen molar-refractivity contribution < 1.29 is 5.11 Å². The third-order valence-corrected chi connectivity index (χ3v) is 2.69. The predicted molar refractivity (Wildman–Crippen MR) is 49.1 cm³/mol. The van der Waals surface area contributed by atoms with E-state index in [0.29, 0.717) is 18.6 Å². The van der Waals surface area contributed by atoms with Gasteiger partial charge in [-0.15, -0.1) is 0 Å². The summed E-state index contributed by atoms with van der Waals surface area (Å²) >= 11 is 0. The van der Waals surface area contributed by atoms with Crippen molar-refractivity contribution in [2.75, 3.05) is 13.2 Å². The zero-order valence-corrected chi connectivity index (χ0v) is 7.53. The van der Waals surface area contributed by atoms with E-state index in [2.05, 4.69) is 15.5 Å². The lowest BCUT2D eigenvalue weighted by Crippen LogP contribution is -2.32. The first-order valence-corrected chi connectivity index (χ1v) is 4.73. The van der Waals surface area contributed by atoms with Gasteiger partial charge >= 0.3 is 0 Å². The molecule has 0 aromatic carbocycles. The number of hydrogen-bond acceptors (Lipinski definition) is 3. The van der Waals surface area contributed by atoms with Gasteiger partial charge in [0.25, 0.3) is 0 Å². The smallest absolute Gasteiger partial charge is 0.0535 e. The van der Waals surface area contributed by atoms with Gasteiger partial charge in [-0.1, -0.05) is 0 Å². The van der Waals surface area contributed by atoms with Crippen LogP contribution >= 0.6 is 0 Å². The van der Waals surface area contributed by atoms with Crippen molar-refractivity contribution in [3.8, 4) is 0 Å². The van der Waals surface area contributed by atoms with Gasteiger partial charge in [-0.25, -0.2) is 0 Å². The predicted octanol–water partition coefficient (Wildman–Crippen LogP) is 0.443. The monoisotopic (exact) mass is 181 g/mol. The number of hydrogen-bond donors (Lipinski definition) is 3. The summed E-state index contributed by atoms with van der Waals surface area (Å²) in [6, 6.07) is 0.365. The molecule has 1 aliphatic heterocycles. The number of nitrogens with one attached hydrogen (secondary N) is 2. The molecule has 0 amide bonds. The Hall–Kier alpha value is -0.870. The minimum absolute atomic E-state index is 0.302. The molecule has 72 valence electrons. The highest BCUT2D eigenvalue weighted by atomic mass is 16.3. The first-order valence-electron chi connectivity index (χ1n) is 4.73. The van der Waals surface area contributed by atoms with Crippen LogP contribution in [0.1, 0.15) is 24.4 Å². The molecule has 2 unspecified atom stereocenters. The highest BCUT2D eigenvalue weighted by Gasteiger charge is 2.22. The molecule has 3 N–H and O–H groups in total. The second kappa shape index (κ2) is 3.89. The molecule has 2 rings (SSSR count). The summed E-state index contributed by atoms with van der Waals surface area (Å²) in [6.45, 7) is 1.29.